The highest BCUT2D eigenvalue weighted by molar-refractivity contribution is 6.34. The summed E-state index contributed by atoms with van der Waals surface area (Å²) in [6, 6.07) is 7.33. The number of aromatic nitrogens is 4. The third-order valence-corrected chi connectivity index (χ3v) is 4.56. The van der Waals surface area contributed by atoms with Gasteiger partial charge < -0.3 is 14.5 Å². The molecule has 0 aliphatic carbocycles. The van der Waals surface area contributed by atoms with E-state index in [2.05, 4.69) is 19.9 Å². The molecule has 0 aliphatic heterocycles. The predicted molar refractivity (Wildman–Crippen MR) is 109 cm³/mol. The zero-order chi connectivity index (χ0) is 20.3. The summed E-state index contributed by atoms with van der Waals surface area (Å²) in [7, 11) is 3.21. The van der Waals surface area contributed by atoms with Gasteiger partial charge in [0, 0.05) is 5.39 Å². The second kappa shape index (κ2) is 8.22. The quantitative estimate of drug-likeness (QED) is 0.516. The van der Waals surface area contributed by atoms with Crippen LogP contribution in [0.3, 0.4) is 0 Å². The molecule has 0 bridgehead atoms. The number of nitrogens with one attached hydrogen (secondary N) is 1. The van der Waals surface area contributed by atoms with Crippen LogP contribution in [0.1, 0.15) is 11.1 Å². The van der Waals surface area contributed by atoms with Gasteiger partial charge in [-0.3, -0.25) is 4.79 Å². The van der Waals surface area contributed by atoms with E-state index in [-0.39, 0.29) is 5.56 Å². The molecule has 0 aliphatic rings. The van der Waals surface area contributed by atoms with E-state index in [0.717, 1.165) is 27.8 Å². The van der Waals surface area contributed by atoms with Crippen LogP contribution in [0, 0.1) is 13.8 Å². The lowest BCUT2D eigenvalue weighted by Gasteiger charge is -2.06. The van der Waals surface area contributed by atoms with Gasteiger partial charge in [-0.25, -0.2) is 15.0 Å². The third kappa shape index (κ3) is 3.89. The molecule has 1 N–H and O–H groups in total. The molecular weight excluding hydrogens is 380 g/mol. The number of ether oxygens (including phenoxy) is 2. The summed E-state index contributed by atoms with van der Waals surface area (Å²) in [5, 5.41) is 1.82. The second-order valence-electron chi connectivity index (χ2n) is 6.07. The highest BCUT2D eigenvalue weighted by Crippen LogP contribution is 2.27. The zero-order valence-electron chi connectivity index (χ0n) is 15.9. The zero-order valence-corrected chi connectivity index (χ0v) is 16.7. The molecule has 2 heterocycles. The molecule has 0 amide bonds. The molecule has 28 heavy (non-hydrogen) atoms. The predicted octanol–water partition coefficient (Wildman–Crippen LogP) is 3.84. The third-order valence-electron chi connectivity index (χ3n) is 4.26. The Morgan fingerprint density at radius 2 is 1.43 bits per heavy atom. The molecule has 0 saturated heterocycles. The number of aromatic amines is 1. The smallest absolute Gasteiger partial charge is 0.258 e. The van der Waals surface area contributed by atoms with Crippen LogP contribution >= 0.6 is 11.6 Å². The topological polar surface area (TPSA) is 90.0 Å². The van der Waals surface area contributed by atoms with E-state index < -0.39 is 0 Å². The number of methoxy groups -OCH3 is 2. The average Bonchev–Trinajstić information content (AvgIpc) is 2.68. The molecule has 4 rings (SSSR count). The molecule has 0 radical (unpaired) electrons. The van der Waals surface area contributed by atoms with E-state index in [1.54, 1.807) is 20.3 Å². The van der Waals surface area contributed by atoms with Crippen LogP contribution in [-0.2, 0) is 0 Å². The molecule has 0 unspecified atom stereocenters. The van der Waals surface area contributed by atoms with Gasteiger partial charge in [0.15, 0.2) is 0 Å². The first-order valence-corrected chi connectivity index (χ1v) is 8.79. The molecule has 144 valence electrons. The van der Waals surface area contributed by atoms with Crippen molar-refractivity contribution in [3.63, 3.8) is 0 Å². The van der Waals surface area contributed by atoms with Crippen molar-refractivity contribution in [2.75, 3.05) is 14.2 Å². The largest absolute Gasteiger partial charge is 0.496 e. The van der Waals surface area contributed by atoms with Crippen LogP contribution in [0.5, 0.6) is 11.5 Å². The Kier molecular flexibility index (Phi) is 5.75. The average molecular weight is 399 g/mol. The maximum absolute atomic E-state index is 11.4. The van der Waals surface area contributed by atoms with Crippen LogP contribution in [-0.4, -0.2) is 34.2 Å². The number of benzene rings is 2. The Hall–Kier alpha value is -3.19. The molecule has 0 spiro atoms. The molecule has 2 aromatic carbocycles. The maximum atomic E-state index is 11.4. The summed E-state index contributed by atoms with van der Waals surface area (Å²) >= 11 is 5.93. The van der Waals surface area contributed by atoms with Crippen molar-refractivity contribution in [2.45, 2.75) is 13.8 Å². The summed E-state index contributed by atoms with van der Waals surface area (Å²) in [5.41, 5.74) is 3.39. The first-order chi connectivity index (χ1) is 13.4. The lowest BCUT2D eigenvalue weighted by atomic mass is 10.1. The fourth-order valence-electron chi connectivity index (χ4n) is 2.80. The maximum Gasteiger partial charge on any atom is 0.258 e. The van der Waals surface area contributed by atoms with Crippen LogP contribution in [0.4, 0.5) is 0 Å². The molecule has 2 aromatic heterocycles. The van der Waals surface area contributed by atoms with Crippen molar-refractivity contribution >= 4 is 33.4 Å². The van der Waals surface area contributed by atoms with E-state index in [0.29, 0.717) is 21.8 Å². The highest BCUT2D eigenvalue weighted by atomic mass is 35.5. The van der Waals surface area contributed by atoms with Crippen LogP contribution in [0.25, 0.3) is 21.8 Å². The molecule has 0 atom stereocenters. The monoisotopic (exact) mass is 398 g/mol. The van der Waals surface area contributed by atoms with E-state index >= 15 is 0 Å². The minimum absolute atomic E-state index is 0.145. The summed E-state index contributed by atoms with van der Waals surface area (Å²) in [5.74, 6) is 1.50. The lowest BCUT2D eigenvalue weighted by Crippen LogP contribution is -2.06. The number of hydrogen-bond donors (Lipinski definition) is 1. The summed E-state index contributed by atoms with van der Waals surface area (Å²) in [6.45, 7) is 3.88. The van der Waals surface area contributed by atoms with Crippen molar-refractivity contribution in [1.29, 1.82) is 0 Å². The number of fused-ring (bicyclic) bond motifs is 2. The number of nitrogens with zero attached hydrogens (tertiary/aromatic N) is 3. The molecular formula is C20H19ClN4O3. The van der Waals surface area contributed by atoms with Crippen molar-refractivity contribution in [3.05, 3.63) is 63.6 Å². The van der Waals surface area contributed by atoms with Crippen LogP contribution in [0.2, 0.25) is 5.15 Å². The number of hydrogen-bond acceptors (Lipinski definition) is 6. The van der Waals surface area contributed by atoms with Crippen molar-refractivity contribution in [2.24, 2.45) is 0 Å². The van der Waals surface area contributed by atoms with Crippen molar-refractivity contribution in [3.8, 4) is 11.5 Å². The normalized spacial score (nSPS) is 10.5. The molecule has 0 saturated carbocycles. The number of H-pyrrole nitrogens is 1. The van der Waals surface area contributed by atoms with Gasteiger partial charge in [0.05, 0.1) is 37.0 Å². The van der Waals surface area contributed by atoms with Gasteiger partial charge in [0.25, 0.3) is 5.56 Å². The van der Waals surface area contributed by atoms with Gasteiger partial charge >= 0.3 is 0 Å². The Labute approximate surface area is 166 Å². The minimum atomic E-state index is -0.145. The van der Waals surface area contributed by atoms with E-state index in [9.17, 15) is 4.79 Å². The fraction of sp³-hybridized carbons (Fsp3) is 0.200. The standard InChI is InChI=1S/C10H9ClN2O.C10H10N2O2/c1-6-3-8-7(4-9(6)14-2)10(11)13-5-12-8;1-6-3-8-7(4-9(6)14-2)10(13)12-5-11-8/h3-5H,1-2H3;3-5H,1-2H3,(H,11,12,13). The molecule has 7 nitrogen and oxygen atoms in total. The van der Waals surface area contributed by atoms with Gasteiger partial charge in [-0.2, -0.15) is 0 Å². The second-order valence-corrected chi connectivity index (χ2v) is 6.43. The Balaban J connectivity index is 0.000000161. The number of aryl methyl sites for hydroxylation is 2. The van der Waals surface area contributed by atoms with Gasteiger partial charge in [-0.15, -0.1) is 0 Å². The van der Waals surface area contributed by atoms with E-state index in [4.69, 9.17) is 21.1 Å². The lowest BCUT2D eigenvalue weighted by molar-refractivity contribution is 0.412. The summed E-state index contributed by atoms with van der Waals surface area (Å²) in [6.07, 6.45) is 2.85. The highest BCUT2D eigenvalue weighted by Gasteiger charge is 2.06. The minimum Gasteiger partial charge on any atom is -0.496 e. The SMILES string of the molecule is COc1cc2c(=O)[nH]cnc2cc1C.COc1cc2c(Cl)ncnc2cc1C. The van der Waals surface area contributed by atoms with Gasteiger partial charge in [0.1, 0.15) is 23.0 Å². The van der Waals surface area contributed by atoms with Crippen molar-refractivity contribution in [1.82, 2.24) is 19.9 Å². The molecule has 8 heteroatoms. The van der Waals surface area contributed by atoms with E-state index in [1.807, 2.05) is 32.0 Å². The van der Waals surface area contributed by atoms with Gasteiger partial charge in [0.2, 0.25) is 0 Å². The Morgan fingerprint density at radius 1 is 0.857 bits per heavy atom. The fourth-order valence-corrected chi connectivity index (χ4v) is 2.99. The molecule has 0 fully saturated rings. The van der Waals surface area contributed by atoms with Crippen LogP contribution < -0.4 is 15.0 Å². The van der Waals surface area contributed by atoms with Crippen molar-refractivity contribution < 1.29 is 9.47 Å². The van der Waals surface area contributed by atoms with Crippen LogP contribution in [0.15, 0.2) is 41.7 Å². The summed E-state index contributed by atoms with van der Waals surface area (Å²) in [4.78, 5) is 26.0. The van der Waals surface area contributed by atoms with Gasteiger partial charge in [-0.1, -0.05) is 11.6 Å². The number of rotatable bonds is 2. The molecule has 4 aromatic rings. The Bertz CT molecular complexity index is 1210. The van der Waals surface area contributed by atoms with Gasteiger partial charge in [-0.05, 0) is 49.2 Å². The first-order valence-electron chi connectivity index (χ1n) is 8.41. The number of halogens is 1. The van der Waals surface area contributed by atoms with E-state index in [1.165, 1.54) is 12.7 Å². The summed E-state index contributed by atoms with van der Waals surface area (Å²) < 4.78 is 10.3. The Morgan fingerprint density at radius 3 is 2.04 bits per heavy atom. The first kappa shape index (κ1) is 19.6.